The minimum Gasteiger partial charge on any atom is -0.355 e. The maximum absolute atomic E-state index is 12.1. The number of rotatable bonds is 5. The molecule has 0 unspecified atom stereocenters. The van der Waals surface area contributed by atoms with Crippen LogP contribution < -0.4 is 10.6 Å². The van der Waals surface area contributed by atoms with Crippen LogP contribution in [0.25, 0.3) is 11.0 Å². The van der Waals surface area contributed by atoms with Gasteiger partial charge in [-0.1, -0.05) is 18.2 Å². The van der Waals surface area contributed by atoms with E-state index in [2.05, 4.69) is 20.6 Å². The summed E-state index contributed by atoms with van der Waals surface area (Å²) >= 11 is 0. The van der Waals surface area contributed by atoms with Crippen LogP contribution in [0, 0.1) is 0 Å². The molecule has 0 radical (unpaired) electrons. The van der Waals surface area contributed by atoms with Crippen molar-refractivity contribution in [3.63, 3.8) is 0 Å². The summed E-state index contributed by atoms with van der Waals surface area (Å²) in [4.78, 5) is 31.4. The van der Waals surface area contributed by atoms with Crippen LogP contribution in [0.5, 0.6) is 0 Å². The fraction of sp³-hybridized carbons (Fsp3) is 0.167. The van der Waals surface area contributed by atoms with Crippen LogP contribution in [0.3, 0.4) is 0 Å². The Hall–Kier alpha value is -3.15. The molecule has 0 bridgehead atoms. The number of hydrogen-bond acceptors (Lipinski definition) is 3. The monoisotopic (exact) mass is 322 g/mol. The van der Waals surface area contributed by atoms with Gasteiger partial charge in [0.25, 0.3) is 5.91 Å². The molecule has 0 atom stereocenters. The summed E-state index contributed by atoms with van der Waals surface area (Å²) in [7, 11) is 1.57. The van der Waals surface area contributed by atoms with Crippen molar-refractivity contribution in [3.8, 4) is 0 Å². The minimum atomic E-state index is -0.187. The number of carbonyl (C=O) groups excluding carboxylic acids is 2. The van der Waals surface area contributed by atoms with Crippen molar-refractivity contribution in [2.45, 2.75) is 12.8 Å². The van der Waals surface area contributed by atoms with Gasteiger partial charge in [-0.05, 0) is 30.3 Å². The number of anilines is 1. The molecule has 1 heterocycles. The summed E-state index contributed by atoms with van der Waals surface area (Å²) in [5.74, 6) is 0.475. The first-order valence-electron chi connectivity index (χ1n) is 7.71. The first-order valence-corrected chi connectivity index (χ1v) is 7.71. The zero-order valence-electron chi connectivity index (χ0n) is 13.3. The Bertz CT molecular complexity index is 852. The number of nitrogens with one attached hydrogen (secondary N) is 3. The number of para-hydroxylation sites is 2. The largest absolute Gasteiger partial charge is 0.355 e. The number of H-pyrrole nitrogens is 1. The van der Waals surface area contributed by atoms with Crippen LogP contribution in [0.2, 0.25) is 0 Å². The Labute approximate surface area is 139 Å². The van der Waals surface area contributed by atoms with Crippen LogP contribution in [0.1, 0.15) is 22.6 Å². The number of aromatic amines is 1. The zero-order chi connectivity index (χ0) is 16.9. The Balaban J connectivity index is 1.60. The molecule has 6 heteroatoms. The predicted molar refractivity (Wildman–Crippen MR) is 92.9 cm³/mol. The van der Waals surface area contributed by atoms with Crippen molar-refractivity contribution in [2.24, 2.45) is 0 Å². The van der Waals surface area contributed by atoms with E-state index in [1.54, 1.807) is 31.3 Å². The Morgan fingerprint density at radius 1 is 1.12 bits per heavy atom. The number of imidazole rings is 1. The van der Waals surface area contributed by atoms with Gasteiger partial charge in [-0.25, -0.2) is 4.98 Å². The quantitative estimate of drug-likeness (QED) is 0.674. The van der Waals surface area contributed by atoms with E-state index >= 15 is 0 Å². The standard InChI is InChI=1S/C18H18N4O2/c1-19-18(24)12-5-4-6-13(11-12)20-17(23)10-9-16-21-14-7-2-3-8-15(14)22-16/h2-8,11H,9-10H2,1H3,(H,19,24)(H,20,23)(H,21,22). The van der Waals surface area contributed by atoms with E-state index in [-0.39, 0.29) is 11.8 Å². The zero-order valence-corrected chi connectivity index (χ0v) is 13.3. The van der Waals surface area contributed by atoms with E-state index in [0.29, 0.717) is 24.1 Å². The summed E-state index contributed by atoms with van der Waals surface area (Å²) in [5.41, 5.74) is 2.97. The van der Waals surface area contributed by atoms with E-state index < -0.39 is 0 Å². The van der Waals surface area contributed by atoms with Crippen molar-refractivity contribution < 1.29 is 9.59 Å². The lowest BCUT2D eigenvalue weighted by Gasteiger charge is -2.06. The lowest BCUT2D eigenvalue weighted by Crippen LogP contribution is -2.18. The van der Waals surface area contributed by atoms with Crippen LogP contribution in [0.4, 0.5) is 5.69 Å². The molecule has 2 amide bonds. The smallest absolute Gasteiger partial charge is 0.251 e. The lowest BCUT2D eigenvalue weighted by molar-refractivity contribution is -0.116. The highest BCUT2D eigenvalue weighted by Crippen LogP contribution is 2.13. The van der Waals surface area contributed by atoms with Crippen molar-refractivity contribution in [1.82, 2.24) is 15.3 Å². The second kappa shape index (κ2) is 6.95. The predicted octanol–water partition coefficient (Wildman–Crippen LogP) is 2.49. The highest BCUT2D eigenvalue weighted by molar-refractivity contribution is 5.97. The van der Waals surface area contributed by atoms with Crippen LogP contribution in [-0.4, -0.2) is 28.8 Å². The Kier molecular flexibility index (Phi) is 4.56. The second-order valence-corrected chi connectivity index (χ2v) is 5.41. The second-order valence-electron chi connectivity index (χ2n) is 5.41. The average Bonchev–Trinajstić information content (AvgIpc) is 3.02. The molecule has 0 aliphatic heterocycles. The topological polar surface area (TPSA) is 86.9 Å². The normalized spacial score (nSPS) is 10.5. The molecule has 0 saturated carbocycles. The number of hydrogen-bond donors (Lipinski definition) is 3. The number of carbonyl (C=O) groups is 2. The minimum absolute atomic E-state index is 0.121. The third kappa shape index (κ3) is 3.60. The summed E-state index contributed by atoms with van der Waals surface area (Å²) in [5, 5.41) is 5.36. The molecule has 0 aliphatic rings. The van der Waals surface area contributed by atoms with E-state index in [0.717, 1.165) is 16.9 Å². The van der Waals surface area contributed by atoms with Crippen LogP contribution in [0.15, 0.2) is 48.5 Å². The van der Waals surface area contributed by atoms with E-state index in [4.69, 9.17) is 0 Å². The van der Waals surface area contributed by atoms with Gasteiger partial charge >= 0.3 is 0 Å². The van der Waals surface area contributed by atoms with Gasteiger partial charge < -0.3 is 15.6 Å². The van der Waals surface area contributed by atoms with Gasteiger partial charge in [0.05, 0.1) is 11.0 Å². The van der Waals surface area contributed by atoms with Gasteiger partial charge in [-0.2, -0.15) is 0 Å². The summed E-state index contributed by atoms with van der Waals surface area (Å²) in [6.07, 6.45) is 0.833. The molecule has 24 heavy (non-hydrogen) atoms. The highest BCUT2D eigenvalue weighted by Gasteiger charge is 2.08. The SMILES string of the molecule is CNC(=O)c1cccc(NC(=O)CCc2nc3ccccc3[nH]2)c1. The van der Waals surface area contributed by atoms with Gasteiger partial charge in [0.2, 0.25) is 5.91 Å². The molecule has 0 saturated heterocycles. The molecular formula is C18H18N4O2. The molecule has 3 aromatic rings. The maximum Gasteiger partial charge on any atom is 0.251 e. The molecule has 1 aromatic heterocycles. The average molecular weight is 322 g/mol. The maximum atomic E-state index is 12.1. The molecule has 0 spiro atoms. The molecule has 0 fully saturated rings. The van der Waals surface area contributed by atoms with Gasteiger partial charge in [0.1, 0.15) is 5.82 Å². The number of aromatic nitrogens is 2. The molecule has 0 aliphatic carbocycles. The van der Waals surface area contributed by atoms with E-state index in [9.17, 15) is 9.59 Å². The Morgan fingerprint density at radius 3 is 2.75 bits per heavy atom. The lowest BCUT2D eigenvalue weighted by atomic mass is 10.2. The van der Waals surface area contributed by atoms with Gasteiger partial charge in [0.15, 0.2) is 0 Å². The molecule has 3 N–H and O–H groups in total. The van der Waals surface area contributed by atoms with Crippen molar-refractivity contribution in [1.29, 1.82) is 0 Å². The first-order chi connectivity index (χ1) is 11.7. The number of nitrogens with zero attached hydrogens (tertiary/aromatic N) is 1. The fourth-order valence-corrected chi connectivity index (χ4v) is 2.46. The Morgan fingerprint density at radius 2 is 1.96 bits per heavy atom. The van der Waals surface area contributed by atoms with Crippen molar-refractivity contribution in [2.75, 3.05) is 12.4 Å². The summed E-state index contributed by atoms with van der Waals surface area (Å²) in [6, 6.07) is 14.6. The van der Waals surface area contributed by atoms with Crippen molar-refractivity contribution >= 4 is 28.5 Å². The number of amides is 2. The summed E-state index contributed by atoms with van der Waals surface area (Å²) in [6.45, 7) is 0. The van der Waals surface area contributed by atoms with Crippen LogP contribution in [-0.2, 0) is 11.2 Å². The molecule has 3 rings (SSSR count). The third-order valence-corrected chi connectivity index (χ3v) is 3.66. The fourth-order valence-electron chi connectivity index (χ4n) is 2.46. The van der Waals surface area contributed by atoms with Gasteiger partial charge in [-0.3, -0.25) is 9.59 Å². The summed E-state index contributed by atoms with van der Waals surface area (Å²) < 4.78 is 0. The molecular weight excluding hydrogens is 304 g/mol. The highest BCUT2D eigenvalue weighted by atomic mass is 16.2. The van der Waals surface area contributed by atoms with E-state index in [1.807, 2.05) is 24.3 Å². The van der Waals surface area contributed by atoms with Crippen LogP contribution >= 0.6 is 0 Å². The first kappa shape index (κ1) is 15.7. The number of aryl methyl sites for hydroxylation is 1. The number of benzene rings is 2. The van der Waals surface area contributed by atoms with Gasteiger partial charge in [0, 0.05) is 31.1 Å². The third-order valence-electron chi connectivity index (χ3n) is 3.66. The molecule has 6 nitrogen and oxygen atoms in total. The molecule has 2 aromatic carbocycles. The number of fused-ring (bicyclic) bond motifs is 1. The van der Waals surface area contributed by atoms with Gasteiger partial charge in [-0.15, -0.1) is 0 Å². The molecule has 122 valence electrons. The van der Waals surface area contributed by atoms with E-state index in [1.165, 1.54) is 0 Å². The van der Waals surface area contributed by atoms with Crippen molar-refractivity contribution in [3.05, 3.63) is 59.9 Å².